The van der Waals surface area contributed by atoms with E-state index >= 15 is 0 Å². The summed E-state index contributed by atoms with van der Waals surface area (Å²) in [5.74, 6) is 0. The van der Waals surface area contributed by atoms with Gasteiger partial charge in [0.1, 0.15) is 0 Å². The van der Waals surface area contributed by atoms with Crippen molar-refractivity contribution in [2.24, 2.45) is 0 Å². The Morgan fingerprint density at radius 2 is 2.12 bits per heavy atom. The molecular weight excluding hydrogens is 101 g/mol. The Labute approximate surface area is 51.3 Å². The van der Waals surface area contributed by atoms with Crippen LogP contribution in [-0.2, 0) is 4.79 Å². The molecule has 2 nitrogen and oxygen atoms in total. The van der Waals surface area contributed by atoms with Crippen LogP contribution in [0.1, 0.15) is 6.42 Å². The van der Waals surface area contributed by atoms with Crippen LogP contribution in [0.25, 0.3) is 0 Å². The number of hydrogen-bond donors (Lipinski definition) is 0. The van der Waals surface area contributed by atoms with Crippen molar-refractivity contribution >= 4 is 13.5 Å². The van der Waals surface area contributed by atoms with Gasteiger partial charge in [-0.3, -0.25) is 0 Å². The second-order valence-electron chi connectivity index (χ2n) is 2.26. The first-order chi connectivity index (χ1) is 3.63. The Bertz CT molecular complexity index is 82.5. The zero-order valence-corrected chi connectivity index (χ0v) is 5.77. The van der Waals surface area contributed by atoms with Crippen LogP contribution in [-0.4, -0.2) is 39.1 Å². The summed E-state index contributed by atoms with van der Waals surface area (Å²) in [4.78, 5) is 12.3. The van der Waals surface area contributed by atoms with Crippen molar-refractivity contribution in [2.45, 2.75) is 6.42 Å². The van der Waals surface area contributed by atoms with Crippen LogP contribution in [0.15, 0.2) is 0 Å². The fraction of sp³-hybridized carbons (Fsp3) is 0.800. The average molecular weight is 113 g/mol. The number of carbonyl (C=O) groups excluding carboxylic acids is 1. The third-order valence-electron chi connectivity index (χ3n) is 0.911. The highest BCUT2D eigenvalue weighted by molar-refractivity contribution is 6.57. The van der Waals surface area contributed by atoms with Crippen molar-refractivity contribution in [1.29, 1.82) is 0 Å². The van der Waals surface area contributed by atoms with Crippen LogP contribution in [0.3, 0.4) is 0 Å². The summed E-state index contributed by atoms with van der Waals surface area (Å²) >= 11 is 0. The predicted octanol–water partition coefficient (Wildman–Crippen LogP) is -0.902. The number of carbonyl (C=O) groups is 1. The molecule has 0 rings (SSSR count). The minimum Gasteiger partial charge on any atom is -0.312 e. The van der Waals surface area contributed by atoms with Crippen LogP contribution in [0.5, 0.6) is 0 Å². The fourth-order valence-electron chi connectivity index (χ4n) is 0.381. The molecule has 3 heteroatoms. The monoisotopic (exact) mass is 113 g/mol. The lowest BCUT2D eigenvalue weighted by Gasteiger charge is -2.05. The van der Waals surface area contributed by atoms with E-state index in [1.165, 1.54) is 0 Å². The van der Waals surface area contributed by atoms with Gasteiger partial charge in [-0.2, -0.15) is 0 Å². The smallest absolute Gasteiger partial charge is 0.187 e. The molecule has 0 atom stereocenters. The van der Waals surface area contributed by atoms with Crippen molar-refractivity contribution in [3.05, 3.63) is 0 Å². The first-order valence-corrected chi connectivity index (χ1v) is 2.77. The zero-order chi connectivity index (χ0) is 6.57. The van der Waals surface area contributed by atoms with Crippen LogP contribution in [0, 0.1) is 0 Å². The highest BCUT2D eigenvalue weighted by Gasteiger charge is 1.92. The van der Waals surface area contributed by atoms with Gasteiger partial charge in [-0.25, -0.2) is 0 Å². The van der Waals surface area contributed by atoms with Gasteiger partial charge < -0.3 is 9.69 Å². The first-order valence-electron chi connectivity index (χ1n) is 2.77. The Morgan fingerprint density at radius 1 is 1.62 bits per heavy atom. The molecular formula is C5H12BNO. The fourth-order valence-corrected chi connectivity index (χ4v) is 0.381. The molecule has 0 aliphatic rings. The summed E-state index contributed by atoms with van der Waals surface area (Å²) in [6.45, 7) is 0.870. The summed E-state index contributed by atoms with van der Waals surface area (Å²) in [6.07, 6.45) is 0.674. The minimum atomic E-state index is 0.263. The van der Waals surface area contributed by atoms with E-state index in [1.54, 1.807) is 7.85 Å². The SMILES string of the molecule is BC(=O)CCN(C)C. The largest absolute Gasteiger partial charge is 0.312 e. The molecule has 0 amide bonds. The lowest BCUT2D eigenvalue weighted by Crippen LogP contribution is -2.16. The Balaban J connectivity index is 3.05. The second kappa shape index (κ2) is 3.67. The van der Waals surface area contributed by atoms with E-state index in [0.29, 0.717) is 6.42 Å². The maximum absolute atomic E-state index is 10.3. The molecule has 0 bridgehead atoms. The molecule has 0 fully saturated rings. The van der Waals surface area contributed by atoms with Crippen molar-refractivity contribution in [3.8, 4) is 0 Å². The summed E-state index contributed by atoms with van der Waals surface area (Å²) in [5, 5.41) is 0. The van der Waals surface area contributed by atoms with Gasteiger partial charge in [0.15, 0.2) is 7.85 Å². The number of rotatable bonds is 3. The van der Waals surface area contributed by atoms with Gasteiger partial charge in [-0.05, 0) is 14.1 Å². The van der Waals surface area contributed by atoms with E-state index in [0.717, 1.165) is 6.54 Å². The van der Waals surface area contributed by atoms with Gasteiger partial charge in [0, 0.05) is 13.0 Å². The second-order valence-corrected chi connectivity index (χ2v) is 2.26. The molecule has 0 aromatic rings. The van der Waals surface area contributed by atoms with Crippen LogP contribution in [0.2, 0.25) is 0 Å². The Morgan fingerprint density at radius 3 is 2.25 bits per heavy atom. The zero-order valence-electron chi connectivity index (χ0n) is 5.77. The van der Waals surface area contributed by atoms with Gasteiger partial charge in [-0.15, -0.1) is 0 Å². The van der Waals surface area contributed by atoms with Crippen LogP contribution in [0.4, 0.5) is 0 Å². The maximum Gasteiger partial charge on any atom is 0.187 e. The standard InChI is InChI=1S/C5H12BNO/c1-7(2)4-3-5(6)8/h3-4,6H2,1-2H3. The molecule has 0 radical (unpaired) electrons. The van der Waals surface area contributed by atoms with Gasteiger partial charge in [0.05, 0.1) is 5.68 Å². The third-order valence-corrected chi connectivity index (χ3v) is 0.911. The molecule has 46 valence electrons. The van der Waals surface area contributed by atoms with E-state index in [-0.39, 0.29) is 5.68 Å². The van der Waals surface area contributed by atoms with Gasteiger partial charge >= 0.3 is 0 Å². The van der Waals surface area contributed by atoms with Crippen molar-refractivity contribution < 1.29 is 4.79 Å². The number of hydrogen-bond acceptors (Lipinski definition) is 2. The Hall–Kier alpha value is -0.305. The highest BCUT2D eigenvalue weighted by atomic mass is 16.1. The molecule has 0 spiro atoms. The van der Waals surface area contributed by atoms with E-state index in [1.807, 2.05) is 19.0 Å². The predicted molar refractivity (Wildman–Crippen MR) is 36.7 cm³/mol. The first kappa shape index (κ1) is 7.69. The van der Waals surface area contributed by atoms with Crippen molar-refractivity contribution in [2.75, 3.05) is 20.6 Å². The molecule has 0 saturated carbocycles. The van der Waals surface area contributed by atoms with Crippen LogP contribution >= 0.6 is 0 Å². The maximum atomic E-state index is 10.3. The van der Waals surface area contributed by atoms with E-state index in [4.69, 9.17) is 0 Å². The number of nitrogens with zero attached hydrogens (tertiary/aromatic N) is 1. The van der Waals surface area contributed by atoms with Gasteiger partial charge in [0.25, 0.3) is 0 Å². The molecule has 0 aromatic heterocycles. The normalized spacial score (nSPS) is 9.88. The Kier molecular flexibility index (Phi) is 3.53. The van der Waals surface area contributed by atoms with Gasteiger partial charge in [-0.1, -0.05) is 0 Å². The van der Waals surface area contributed by atoms with E-state index in [9.17, 15) is 4.79 Å². The lowest BCUT2D eigenvalue weighted by atomic mass is 10.00. The van der Waals surface area contributed by atoms with Crippen LogP contribution < -0.4 is 0 Å². The van der Waals surface area contributed by atoms with E-state index in [2.05, 4.69) is 0 Å². The van der Waals surface area contributed by atoms with E-state index < -0.39 is 0 Å². The average Bonchev–Trinajstić information content (AvgIpc) is 1.61. The third kappa shape index (κ3) is 5.69. The minimum absolute atomic E-state index is 0.263. The summed E-state index contributed by atoms with van der Waals surface area (Å²) < 4.78 is 0. The molecule has 0 aliphatic carbocycles. The molecule has 0 aromatic carbocycles. The molecule has 0 N–H and O–H groups in total. The highest BCUT2D eigenvalue weighted by Crippen LogP contribution is 1.80. The molecule has 0 heterocycles. The molecule has 0 unspecified atom stereocenters. The molecule has 0 saturated heterocycles. The quantitative estimate of drug-likeness (QED) is 0.442. The lowest BCUT2D eigenvalue weighted by molar-refractivity contribution is -0.111. The molecule has 8 heavy (non-hydrogen) atoms. The molecule has 0 aliphatic heterocycles. The summed E-state index contributed by atoms with van der Waals surface area (Å²) in [7, 11) is 5.54. The topological polar surface area (TPSA) is 20.3 Å². The van der Waals surface area contributed by atoms with Crippen molar-refractivity contribution in [1.82, 2.24) is 4.90 Å². The van der Waals surface area contributed by atoms with Crippen molar-refractivity contribution in [3.63, 3.8) is 0 Å². The summed E-state index contributed by atoms with van der Waals surface area (Å²) in [5.41, 5.74) is 0.263. The van der Waals surface area contributed by atoms with Gasteiger partial charge in [0.2, 0.25) is 0 Å². The summed E-state index contributed by atoms with van der Waals surface area (Å²) in [6, 6.07) is 0.